The Labute approximate surface area is 138 Å². The summed E-state index contributed by atoms with van der Waals surface area (Å²) in [5.74, 6) is -0.395. The van der Waals surface area contributed by atoms with Crippen molar-refractivity contribution in [2.24, 2.45) is 7.05 Å². The Bertz CT molecular complexity index is 1110. The van der Waals surface area contributed by atoms with Gasteiger partial charge in [-0.15, -0.1) is 0 Å². The third-order valence-corrected chi connectivity index (χ3v) is 4.89. The molecule has 0 aliphatic carbocycles. The Morgan fingerprint density at radius 2 is 1.92 bits per heavy atom. The van der Waals surface area contributed by atoms with Crippen molar-refractivity contribution in [2.45, 2.75) is 0 Å². The van der Waals surface area contributed by atoms with E-state index in [1.807, 2.05) is 18.2 Å². The molecule has 2 aromatic heterocycles. The molecule has 3 aromatic rings. The van der Waals surface area contributed by atoms with E-state index in [9.17, 15) is 13.8 Å². The number of fused-ring (bicyclic) bond motifs is 1. The average molecular weight is 340 g/mol. The standard InChI is InChI=1S/C16H12N4O3S/c1-19-9-11(3-5-15(19)22)10-2-4-13-12(6-10)8-17-20(13)16-7-14(21)18-24(16)23/h2-9H,1H3,(H,18,21). The van der Waals surface area contributed by atoms with Crippen molar-refractivity contribution in [3.63, 3.8) is 0 Å². The zero-order valence-corrected chi connectivity index (χ0v) is 13.4. The second-order valence-electron chi connectivity index (χ2n) is 5.41. The number of aryl methyl sites for hydroxylation is 1. The fraction of sp³-hybridized carbons (Fsp3) is 0.0625. The second kappa shape index (κ2) is 5.27. The summed E-state index contributed by atoms with van der Waals surface area (Å²) in [6.45, 7) is 0. The van der Waals surface area contributed by atoms with Crippen LogP contribution in [0.4, 0.5) is 0 Å². The van der Waals surface area contributed by atoms with Gasteiger partial charge >= 0.3 is 0 Å². The monoisotopic (exact) mass is 340 g/mol. The van der Waals surface area contributed by atoms with Gasteiger partial charge in [0.2, 0.25) is 5.56 Å². The normalized spacial score (nSPS) is 17.1. The molecule has 120 valence electrons. The fourth-order valence-electron chi connectivity index (χ4n) is 2.63. The molecule has 4 rings (SSSR count). The molecule has 7 nitrogen and oxygen atoms in total. The maximum absolute atomic E-state index is 11.9. The van der Waals surface area contributed by atoms with E-state index in [-0.39, 0.29) is 5.56 Å². The number of aromatic nitrogens is 3. The summed E-state index contributed by atoms with van der Waals surface area (Å²) < 4.78 is 17.2. The van der Waals surface area contributed by atoms with E-state index in [4.69, 9.17) is 0 Å². The van der Waals surface area contributed by atoms with Crippen LogP contribution in [0, 0.1) is 0 Å². The third kappa shape index (κ3) is 2.28. The average Bonchev–Trinajstić information content (AvgIpc) is 3.11. The first-order valence-corrected chi connectivity index (χ1v) is 8.27. The lowest BCUT2D eigenvalue weighted by molar-refractivity contribution is -0.114. The molecule has 0 fully saturated rings. The molecular formula is C16H12N4O3S. The van der Waals surface area contributed by atoms with Gasteiger partial charge in [-0.25, -0.2) is 8.89 Å². The quantitative estimate of drug-likeness (QED) is 0.754. The highest BCUT2D eigenvalue weighted by molar-refractivity contribution is 7.93. The van der Waals surface area contributed by atoms with Crippen LogP contribution in [0.3, 0.4) is 0 Å². The minimum Gasteiger partial charge on any atom is -0.318 e. The lowest BCUT2D eigenvalue weighted by Crippen LogP contribution is -2.17. The van der Waals surface area contributed by atoms with Crippen molar-refractivity contribution in [1.82, 2.24) is 19.1 Å². The molecule has 1 aromatic carbocycles. The zero-order chi connectivity index (χ0) is 16.8. The summed E-state index contributed by atoms with van der Waals surface area (Å²) in [5.41, 5.74) is 2.53. The van der Waals surface area contributed by atoms with Gasteiger partial charge in [-0.05, 0) is 29.3 Å². The van der Waals surface area contributed by atoms with Gasteiger partial charge in [-0.1, -0.05) is 6.07 Å². The highest BCUT2D eigenvalue weighted by atomic mass is 32.2. The van der Waals surface area contributed by atoms with Crippen LogP contribution in [0.15, 0.2) is 53.6 Å². The number of nitrogens with one attached hydrogen (secondary N) is 1. The molecule has 0 spiro atoms. The summed E-state index contributed by atoms with van der Waals surface area (Å²) >= 11 is 0. The van der Waals surface area contributed by atoms with Crippen LogP contribution in [0.1, 0.15) is 0 Å². The Kier molecular flexibility index (Phi) is 3.20. The van der Waals surface area contributed by atoms with E-state index in [0.29, 0.717) is 5.03 Å². The summed E-state index contributed by atoms with van der Waals surface area (Å²) in [6.07, 6.45) is 4.70. The molecule has 0 bridgehead atoms. The summed E-state index contributed by atoms with van der Waals surface area (Å²) in [5, 5.41) is 5.39. The first kappa shape index (κ1) is 14.6. The van der Waals surface area contributed by atoms with Crippen molar-refractivity contribution in [1.29, 1.82) is 0 Å². The van der Waals surface area contributed by atoms with E-state index in [1.54, 1.807) is 25.5 Å². The predicted molar refractivity (Wildman–Crippen MR) is 91.0 cm³/mol. The van der Waals surface area contributed by atoms with Crippen LogP contribution in [-0.2, 0) is 22.8 Å². The minimum absolute atomic E-state index is 0.0690. The number of benzene rings is 1. The Morgan fingerprint density at radius 1 is 1.12 bits per heavy atom. The second-order valence-corrected chi connectivity index (χ2v) is 6.57. The van der Waals surface area contributed by atoms with Gasteiger partial charge < -0.3 is 4.57 Å². The molecule has 0 saturated carbocycles. The van der Waals surface area contributed by atoms with Crippen molar-refractivity contribution in [2.75, 3.05) is 0 Å². The van der Waals surface area contributed by atoms with Gasteiger partial charge in [0.15, 0.2) is 16.0 Å². The number of amides is 1. The maximum Gasteiger partial charge on any atom is 0.258 e. The molecular weight excluding hydrogens is 328 g/mol. The number of carbonyl (C=O) groups is 1. The van der Waals surface area contributed by atoms with Crippen molar-refractivity contribution in [3.05, 3.63) is 59.2 Å². The lowest BCUT2D eigenvalue weighted by Gasteiger charge is -2.06. The first-order chi connectivity index (χ1) is 11.5. The van der Waals surface area contributed by atoms with Gasteiger partial charge in [0, 0.05) is 30.8 Å². The topological polar surface area (TPSA) is 86.0 Å². The van der Waals surface area contributed by atoms with Crippen LogP contribution >= 0.6 is 0 Å². The lowest BCUT2D eigenvalue weighted by atomic mass is 10.1. The Morgan fingerprint density at radius 3 is 2.62 bits per heavy atom. The van der Waals surface area contributed by atoms with Gasteiger partial charge in [0.1, 0.15) is 0 Å². The number of hydrogen-bond donors (Lipinski definition) is 1. The number of hydrogen-bond acceptors (Lipinski definition) is 4. The van der Waals surface area contributed by atoms with E-state index < -0.39 is 16.9 Å². The van der Waals surface area contributed by atoms with Crippen LogP contribution in [-0.4, -0.2) is 24.5 Å². The maximum atomic E-state index is 11.9. The predicted octanol–water partition coefficient (Wildman–Crippen LogP) is 0.994. The van der Waals surface area contributed by atoms with Crippen LogP contribution in [0.25, 0.3) is 27.1 Å². The molecule has 24 heavy (non-hydrogen) atoms. The van der Waals surface area contributed by atoms with E-state index in [1.165, 1.54) is 21.4 Å². The molecule has 1 aliphatic rings. The molecule has 1 atom stereocenters. The Balaban J connectivity index is 1.82. The number of carbonyl (C=O) groups excluding carboxylic acids is 1. The molecule has 1 unspecified atom stereocenters. The highest BCUT2D eigenvalue weighted by Crippen LogP contribution is 2.26. The molecule has 0 radical (unpaired) electrons. The molecule has 3 heterocycles. The molecule has 1 N–H and O–H groups in total. The molecule has 1 aliphatic heterocycles. The fourth-order valence-corrected chi connectivity index (χ4v) is 3.49. The molecule has 0 saturated heterocycles. The van der Waals surface area contributed by atoms with Crippen LogP contribution < -0.4 is 10.3 Å². The highest BCUT2D eigenvalue weighted by Gasteiger charge is 2.23. The first-order valence-electron chi connectivity index (χ1n) is 7.12. The number of rotatable bonds is 2. The van der Waals surface area contributed by atoms with Gasteiger partial charge in [-0.2, -0.15) is 5.10 Å². The summed E-state index contributed by atoms with van der Waals surface area (Å²) in [7, 11) is 0.103. The van der Waals surface area contributed by atoms with Gasteiger partial charge in [0.05, 0.1) is 11.7 Å². The number of nitrogens with zero attached hydrogens (tertiary/aromatic N) is 3. The van der Waals surface area contributed by atoms with E-state index >= 15 is 0 Å². The minimum atomic E-state index is -1.60. The van der Waals surface area contributed by atoms with E-state index in [2.05, 4.69) is 9.82 Å². The zero-order valence-electron chi connectivity index (χ0n) is 12.6. The van der Waals surface area contributed by atoms with Gasteiger partial charge in [-0.3, -0.25) is 14.3 Å². The van der Waals surface area contributed by atoms with Crippen LogP contribution in [0.5, 0.6) is 0 Å². The van der Waals surface area contributed by atoms with E-state index in [0.717, 1.165) is 22.0 Å². The van der Waals surface area contributed by atoms with Crippen LogP contribution in [0.2, 0.25) is 0 Å². The SMILES string of the molecule is Cn1cc(-c2ccc3c(cnn3C3=CC(=O)NS3=O)c2)ccc1=O. The Hall–Kier alpha value is -3.00. The van der Waals surface area contributed by atoms with Gasteiger partial charge in [0.25, 0.3) is 5.91 Å². The van der Waals surface area contributed by atoms with Crippen molar-refractivity contribution >= 4 is 32.8 Å². The summed E-state index contributed by atoms with van der Waals surface area (Å²) in [4.78, 5) is 22.8. The van der Waals surface area contributed by atoms with Crippen molar-refractivity contribution in [3.8, 4) is 11.1 Å². The van der Waals surface area contributed by atoms with Crippen molar-refractivity contribution < 1.29 is 9.00 Å². The smallest absolute Gasteiger partial charge is 0.258 e. The third-order valence-electron chi connectivity index (χ3n) is 3.83. The largest absolute Gasteiger partial charge is 0.318 e. The number of pyridine rings is 1. The summed E-state index contributed by atoms with van der Waals surface area (Å²) in [6, 6.07) is 8.97. The molecule has 8 heteroatoms. The molecule has 1 amide bonds.